The van der Waals surface area contributed by atoms with E-state index in [0.717, 1.165) is 51.6 Å². The number of rotatable bonds is 7. The number of halogens is 1. The molecule has 4 aromatic carbocycles. The van der Waals surface area contributed by atoms with Crippen molar-refractivity contribution in [1.29, 1.82) is 0 Å². The van der Waals surface area contributed by atoms with E-state index in [2.05, 4.69) is 16.0 Å². The highest BCUT2D eigenvalue weighted by Gasteiger charge is 2.26. The van der Waals surface area contributed by atoms with Gasteiger partial charge in [-0.2, -0.15) is 0 Å². The highest BCUT2D eigenvalue weighted by molar-refractivity contribution is 6.31. The number of carbonyl (C=O) groups is 1. The normalized spacial score (nSPS) is 14.0. The molecule has 1 atom stereocenters. The van der Waals surface area contributed by atoms with E-state index in [1.165, 1.54) is 0 Å². The number of carbonyl (C=O) groups excluding carboxylic acids is 1. The van der Waals surface area contributed by atoms with E-state index in [4.69, 9.17) is 26.1 Å². The Labute approximate surface area is 239 Å². The minimum Gasteiger partial charge on any atom is -0.493 e. The summed E-state index contributed by atoms with van der Waals surface area (Å²) in [6, 6.07) is 26.9. The zero-order valence-corrected chi connectivity index (χ0v) is 23.4. The lowest BCUT2D eigenvalue weighted by molar-refractivity contribution is 0.262. The van der Waals surface area contributed by atoms with Crippen LogP contribution in [-0.4, -0.2) is 32.6 Å². The molecular weight excluding hydrogens is 524 g/mol. The van der Waals surface area contributed by atoms with E-state index in [0.29, 0.717) is 23.1 Å². The number of nitrogens with zero attached hydrogens (tertiary/aromatic N) is 1. The fraction of sp³-hybridized carbons (Fsp3) is 0.188. The minimum absolute atomic E-state index is 0.128. The molecule has 0 radical (unpaired) electrons. The van der Waals surface area contributed by atoms with Gasteiger partial charge in [-0.15, -0.1) is 0 Å². The number of aryl methyl sites for hydroxylation is 1. The molecule has 0 bridgehead atoms. The van der Waals surface area contributed by atoms with Crippen molar-refractivity contribution in [1.82, 2.24) is 0 Å². The standard InChI is InChI=1S/C32H31ClN4O3/c1-20-6-4-8-25(14-20)37-32(38)36-24-12-10-21(11-13-24)15-22-19-34-31(35-26-9-5-7-23(33)16-26)28-18-30(40-3)29(39-2)17-27(22)28/h4-14,16-18,22H,15,19H2,1-3H3,(H,34,35)(H2,36,37,38). The van der Waals surface area contributed by atoms with Crippen molar-refractivity contribution in [2.24, 2.45) is 4.99 Å². The van der Waals surface area contributed by atoms with Gasteiger partial charge in [-0.05, 0) is 84.6 Å². The molecule has 1 aliphatic heterocycles. The Morgan fingerprint density at radius 3 is 2.30 bits per heavy atom. The third-order valence-electron chi connectivity index (χ3n) is 6.78. The number of hydrogen-bond donors (Lipinski definition) is 3. The molecule has 0 saturated carbocycles. The average molecular weight is 555 g/mol. The number of amidine groups is 1. The smallest absolute Gasteiger partial charge is 0.323 e. The van der Waals surface area contributed by atoms with Gasteiger partial charge in [-0.3, -0.25) is 4.99 Å². The number of urea groups is 1. The first-order valence-corrected chi connectivity index (χ1v) is 13.4. The Bertz CT molecular complexity index is 1550. The fourth-order valence-electron chi connectivity index (χ4n) is 4.83. The van der Waals surface area contributed by atoms with Crippen molar-refractivity contribution in [2.45, 2.75) is 19.3 Å². The second-order valence-electron chi connectivity index (χ2n) is 9.67. The lowest BCUT2D eigenvalue weighted by Crippen LogP contribution is -2.25. The minimum atomic E-state index is -0.283. The first-order chi connectivity index (χ1) is 19.4. The Kier molecular flexibility index (Phi) is 8.22. The van der Waals surface area contributed by atoms with Gasteiger partial charge >= 0.3 is 6.03 Å². The van der Waals surface area contributed by atoms with Crippen LogP contribution in [0.15, 0.2) is 89.9 Å². The van der Waals surface area contributed by atoms with E-state index in [1.807, 2.05) is 91.9 Å². The van der Waals surface area contributed by atoms with E-state index >= 15 is 0 Å². The molecular formula is C32H31ClN4O3. The Morgan fingerprint density at radius 1 is 0.875 bits per heavy atom. The first kappa shape index (κ1) is 27.1. The molecule has 1 heterocycles. The van der Waals surface area contributed by atoms with Gasteiger partial charge < -0.3 is 25.4 Å². The second kappa shape index (κ2) is 12.1. The average Bonchev–Trinajstić information content (AvgIpc) is 2.94. The molecule has 7 nitrogen and oxygen atoms in total. The van der Waals surface area contributed by atoms with Crippen LogP contribution < -0.4 is 25.4 Å². The molecule has 3 N–H and O–H groups in total. The highest BCUT2D eigenvalue weighted by atomic mass is 35.5. The second-order valence-corrected chi connectivity index (χ2v) is 10.1. The van der Waals surface area contributed by atoms with Crippen molar-refractivity contribution in [3.8, 4) is 11.5 Å². The molecule has 0 fully saturated rings. The van der Waals surface area contributed by atoms with E-state index < -0.39 is 0 Å². The van der Waals surface area contributed by atoms with Gasteiger partial charge in [0.1, 0.15) is 5.84 Å². The molecule has 0 aliphatic carbocycles. The summed E-state index contributed by atoms with van der Waals surface area (Å²) in [5, 5.41) is 9.83. The first-order valence-electron chi connectivity index (χ1n) is 13.0. The van der Waals surface area contributed by atoms with Crippen LogP contribution in [0.4, 0.5) is 21.9 Å². The summed E-state index contributed by atoms with van der Waals surface area (Å²) in [7, 11) is 3.27. The summed E-state index contributed by atoms with van der Waals surface area (Å²) in [6.07, 6.45) is 0.770. The van der Waals surface area contributed by atoms with Gasteiger partial charge in [0.2, 0.25) is 0 Å². The van der Waals surface area contributed by atoms with E-state index in [-0.39, 0.29) is 11.9 Å². The monoisotopic (exact) mass is 554 g/mol. The van der Waals surface area contributed by atoms with Crippen molar-refractivity contribution in [3.63, 3.8) is 0 Å². The van der Waals surface area contributed by atoms with E-state index in [9.17, 15) is 4.79 Å². The molecule has 0 spiro atoms. The molecule has 1 aliphatic rings. The molecule has 40 heavy (non-hydrogen) atoms. The van der Waals surface area contributed by atoms with Gasteiger partial charge in [0.05, 0.1) is 14.2 Å². The number of hydrogen-bond acceptors (Lipinski definition) is 5. The molecule has 0 saturated heterocycles. The molecule has 1 unspecified atom stereocenters. The van der Waals surface area contributed by atoms with Crippen LogP contribution in [0.3, 0.4) is 0 Å². The third kappa shape index (κ3) is 6.38. The molecule has 5 rings (SSSR count). The van der Waals surface area contributed by atoms with Crippen molar-refractivity contribution < 1.29 is 14.3 Å². The largest absolute Gasteiger partial charge is 0.493 e. The summed E-state index contributed by atoms with van der Waals surface area (Å²) >= 11 is 6.20. The van der Waals surface area contributed by atoms with Gasteiger partial charge in [-0.1, -0.05) is 41.9 Å². The highest BCUT2D eigenvalue weighted by Crippen LogP contribution is 2.38. The Balaban J connectivity index is 1.33. The van der Waals surface area contributed by atoms with Gasteiger partial charge in [0.15, 0.2) is 11.5 Å². The number of ether oxygens (including phenoxy) is 2. The van der Waals surface area contributed by atoms with E-state index in [1.54, 1.807) is 14.2 Å². The molecule has 204 valence electrons. The number of anilines is 3. The number of nitrogens with one attached hydrogen (secondary N) is 3. The van der Waals surface area contributed by atoms with Gasteiger partial charge in [-0.25, -0.2) is 4.79 Å². The van der Waals surface area contributed by atoms with Crippen LogP contribution in [-0.2, 0) is 6.42 Å². The van der Waals surface area contributed by atoms with Crippen LogP contribution in [0.5, 0.6) is 11.5 Å². The number of amides is 2. The summed E-state index contributed by atoms with van der Waals surface area (Å²) in [6.45, 7) is 2.59. The summed E-state index contributed by atoms with van der Waals surface area (Å²) in [5.74, 6) is 2.20. The number of methoxy groups -OCH3 is 2. The lowest BCUT2D eigenvalue weighted by Gasteiger charge is -2.27. The Hall–Kier alpha value is -4.49. The predicted molar refractivity (Wildman–Crippen MR) is 163 cm³/mol. The third-order valence-corrected chi connectivity index (χ3v) is 7.01. The molecule has 8 heteroatoms. The van der Waals surface area contributed by atoms with Crippen LogP contribution in [0.1, 0.15) is 28.2 Å². The SMILES string of the molecule is COc1cc2c(cc1OC)C(Cc1ccc(NC(=O)Nc3cccc(C)c3)cc1)CN=C2Nc1cccc(Cl)c1. The number of fused-ring (bicyclic) bond motifs is 1. The van der Waals surface area contributed by atoms with Crippen molar-refractivity contribution >= 4 is 40.5 Å². The predicted octanol–water partition coefficient (Wildman–Crippen LogP) is 7.51. The zero-order valence-electron chi connectivity index (χ0n) is 22.6. The van der Waals surface area contributed by atoms with Gasteiger partial charge in [0, 0.05) is 40.1 Å². The summed E-state index contributed by atoms with van der Waals surface area (Å²) < 4.78 is 11.2. The maximum Gasteiger partial charge on any atom is 0.323 e. The molecule has 4 aromatic rings. The molecule has 0 aromatic heterocycles. The van der Waals surface area contributed by atoms with Crippen LogP contribution in [0.2, 0.25) is 5.02 Å². The Morgan fingerprint density at radius 2 is 1.57 bits per heavy atom. The van der Waals surface area contributed by atoms with Crippen LogP contribution in [0, 0.1) is 6.92 Å². The maximum atomic E-state index is 12.5. The molecule has 2 amide bonds. The van der Waals surface area contributed by atoms with Gasteiger partial charge in [0.25, 0.3) is 0 Å². The zero-order chi connectivity index (χ0) is 28.1. The lowest BCUT2D eigenvalue weighted by atomic mass is 9.86. The van der Waals surface area contributed by atoms with Crippen LogP contribution in [0.25, 0.3) is 0 Å². The maximum absolute atomic E-state index is 12.5. The summed E-state index contributed by atoms with van der Waals surface area (Å²) in [4.78, 5) is 17.4. The quantitative estimate of drug-likeness (QED) is 0.221. The van der Waals surface area contributed by atoms with Crippen LogP contribution >= 0.6 is 11.6 Å². The fourth-order valence-corrected chi connectivity index (χ4v) is 5.02. The number of benzene rings is 4. The summed E-state index contributed by atoms with van der Waals surface area (Å²) in [5.41, 5.74) is 6.63. The van der Waals surface area contributed by atoms with Crippen molar-refractivity contribution in [2.75, 3.05) is 36.7 Å². The van der Waals surface area contributed by atoms with Crippen molar-refractivity contribution in [3.05, 3.63) is 112 Å². The topological polar surface area (TPSA) is 84.0 Å². The number of aliphatic imine (C=N–C) groups is 1.